The first-order chi connectivity index (χ1) is 14.0. The van der Waals surface area contributed by atoms with Crippen LogP contribution in [0.15, 0.2) is 67.3 Å². The standard InChI is InChI=1S/C21H22N4O3S/c26-21(23-15-17-3-7-19(8-4-17)24-13-11-22-16-24)18-5-9-20(10-6-18)25-12-1-2-14-29(25,27)28/h3-11,13,16H,1-2,12,14-15H2,(H,23,26). The molecule has 1 N–H and O–H groups in total. The van der Waals surface area contributed by atoms with Crippen LogP contribution in [0.25, 0.3) is 5.69 Å². The minimum Gasteiger partial charge on any atom is -0.348 e. The fourth-order valence-electron chi connectivity index (χ4n) is 3.34. The molecule has 1 saturated heterocycles. The van der Waals surface area contributed by atoms with Gasteiger partial charge in [-0.3, -0.25) is 9.10 Å². The van der Waals surface area contributed by atoms with Crippen molar-refractivity contribution < 1.29 is 13.2 Å². The zero-order valence-corrected chi connectivity index (χ0v) is 16.7. The van der Waals surface area contributed by atoms with Gasteiger partial charge in [-0.1, -0.05) is 12.1 Å². The van der Waals surface area contributed by atoms with Crippen molar-refractivity contribution in [3.63, 3.8) is 0 Å². The number of rotatable bonds is 5. The Labute approximate surface area is 170 Å². The van der Waals surface area contributed by atoms with Gasteiger partial charge >= 0.3 is 0 Å². The fourth-order valence-corrected chi connectivity index (χ4v) is 4.98. The molecule has 8 heteroatoms. The lowest BCUT2D eigenvalue weighted by Gasteiger charge is -2.28. The van der Waals surface area contributed by atoms with Crippen molar-refractivity contribution in [1.29, 1.82) is 0 Å². The highest BCUT2D eigenvalue weighted by Gasteiger charge is 2.25. The van der Waals surface area contributed by atoms with Crippen molar-refractivity contribution in [2.24, 2.45) is 0 Å². The summed E-state index contributed by atoms with van der Waals surface area (Å²) in [6.45, 7) is 0.897. The highest BCUT2D eigenvalue weighted by Crippen LogP contribution is 2.23. The van der Waals surface area contributed by atoms with E-state index in [0.717, 1.165) is 17.7 Å². The molecule has 1 fully saturated rings. The second-order valence-electron chi connectivity index (χ2n) is 6.96. The second-order valence-corrected chi connectivity index (χ2v) is 8.97. The number of benzene rings is 2. The summed E-state index contributed by atoms with van der Waals surface area (Å²) in [5.41, 5.74) is 3.09. The number of nitrogens with zero attached hydrogens (tertiary/aromatic N) is 3. The van der Waals surface area contributed by atoms with E-state index in [4.69, 9.17) is 0 Å². The number of hydrogen-bond acceptors (Lipinski definition) is 4. The number of imidazole rings is 1. The van der Waals surface area contributed by atoms with Crippen LogP contribution in [0.4, 0.5) is 5.69 Å². The van der Waals surface area contributed by atoms with E-state index in [2.05, 4.69) is 10.3 Å². The number of amides is 1. The van der Waals surface area contributed by atoms with Crippen LogP contribution in [0.2, 0.25) is 0 Å². The van der Waals surface area contributed by atoms with Crippen LogP contribution in [0.1, 0.15) is 28.8 Å². The first-order valence-corrected chi connectivity index (χ1v) is 11.1. The molecule has 1 aliphatic heterocycles. The van der Waals surface area contributed by atoms with Gasteiger partial charge in [0.25, 0.3) is 5.91 Å². The second kappa shape index (κ2) is 8.08. The summed E-state index contributed by atoms with van der Waals surface area (Å²) >= 11 is 0. The molecular formula is C21H22N4O3S. The molecule has 29 heavy (non-hydrogen) atoms. The van der Waals surface area contributed by atoms with Crippen molar-refractivity contribution in [3.05, 3.63) is 78.4 Å². The molecule has 2 heterocycles. The molecule has 0 unspecified atom stereocenters. The highest BCUT2D eigenvalue weighted by atomic mass is 32.2. The normalized spacial score (nSPS) is 15.8. The van der Waals surface area contributed by atoms with Gasteiger partial charge in [0.1, 0.15) is 0 Å². The van der Waals surface area contributed by atoms with Crippen LogP contribution < -0.4 is 9.62 Å². The van der Waals surface area contributed by atoms with E-state index in [1.54, 1.807) is 36.8 Å². The first kappa shape index (κ1) is 19.2. The summed E-state index contributed by atoms with van der Waals surface area (Å²) in [6.07, 6.45) is 6.87. The van der Waals surface area contributed by atoms with Gasteiger partial charge in [0.15, 0.2) is 0 Å². The van der Waals surface area contributed by atoms with Gasteiger partial charge in [-0.2, -0.15) is 0 Å². The van der Waals surface area contributed by atoms with Gasteiger partial charge in [-0.15, -0.1) is 0 Å². The largest absolute Gasteiger partial charge is 0.348 e. The Balaban J connectivity index is 1.37. The van der Waals surface area contributed by atoms with Crippen LogP contribution in [-0.2, 0) is 16.6 Å². The minimum absolute atomic E-state index is 0.175. The maximum Gasteiger partial charge on any atom is 0.251 e. The smallest absolute Gasteiger partial charge is 0.251 e. The number of anilines is 1. The van der Waals surface area contributed by atoms with E-state index in [1.807, 2.05) is 35.0 Å². The Morgan fingerprint density at radius 2 is 1.72 bits per heavy atom. The van der Waals surface area contributed by atoms with E-state index < -0.39 is 10.0 Å². The number of nitrogens with one attached hydrogen (secondary N) is 1. The Kier molecular flexibility index (Phi) is 5.35. The zero-order chi connectivity index (χ0) is 20.3. The third kappa shape index (κ3) is 4.32. The van der Waals surface area contributed by atoms with Gasteiger partial charge in [-0.05, 0) is 54.8 Å². The molecule has 0 bridgehead atoms. The Bertz CT molecular complexity index is 1080. The SMILES string of the molecule is O=C(NCc1ccc(-n2ccnc2)cc1)c1ccc(N2CCCCS2(=O)=O)cc1. The van der Waals surface area contributed by atoms with E-state index in [0.29, 0.717) is 30.8 Å². The topological polar surface area (TPSA) is 84.3 Å². The predicted octanol–water partition coefficient (Wildman–Crippen LogP) is 2.73. The van der Waals surface area contributed by atoms with Gasteiger partial charge in [-0.25, -0.2) is 13.4 Å². The van der Waals surface area contributed by atoms with Crippen molar-refractivity contribution in [2.75, 3.05) is 16.6 Å². The molecule has 0 saturated carbocycles. The molecule has 0 radical (unpaired) electrons. The molecule has 3 aromatic rings. The van der Waals surface area contributed by atoms with Crippen molar-refractivity contribution in [3.8, 4) is 5.69 Å². The molecule has 1 aromatic heterocycles. The maximum absolute atomic E-state index is 12.4. The molecule has 1 aliphatic rings. The summed E-state index contributed by atoms with van der Waals surface area (Å²) in [5, 5.41) is 2.89. The van der Waals surface area contributed by atoms with Crippen LogP contribution in [0, 0.1) is 0 Å². The number of sulfonamides is 1. The molecule has 0 atom stereocenters. The Morgan fingerprint density at radius 1 is 1.00 bits per heavy atom. The average molecular weight is 410 g/mol. The van der Waals surface area contributed by atoms with Crippen molar-refractivity contribution in [2.45, 2.75) is 19.4 Å². The quantitative estimate of drug-likeness (QED) is 0.701. The third-order valence-electron chi connectivity index (χ3n) is 4.96. The number of aromatic nitrogens is 2. The first-order valence-electron chi connectivity index (χ1n) is 9.49. The van der Waals surface area contributed by atoms with Gasteiger partial charge in [0.05, 0.1) is 17.8 Å². The number of carbonyl (C=O) groups excluding carboxylic acids is 1. The fraction of sp³-hybridized carbons (Fsp3) is 0.238. The number of hydrogen-bond donors (Lipinski definition) is 1. The van der Waals surface area contributed by atoms with Crippen LogP contribution in [0.3, 0.4) is 0 Å². The molecule has 1 amide bonds. The molecule has 0 spiro atoms. The predicted molar refractivity (Wildman–Crippen MR) is 112 cm³/mol. The average Bonchev–Trinajstić information content (AvgIpc) is 3.27. The van der Waals surface area contributed by atoms with E-state index in [-0.39, 0.29) is 11.7 Å². The molecule has 0 aliphatic carbocycles. The highest BCUT2D eigenvalue weighted by molar-refractivity contribution is 7.92. The zero-order valence-electron chi connectivity index (χ0n) is 15.9. The molecule has 4 rings (SSSR count). The van der Waals surface area contributed by atoms with Crippen LogP contribution in [-0.4, -0.2) is 36.2 Å². The van der Waals surface area contributed by atoms with E-state index in [1.165, 1.54) is 4.31 Å². The van der Waals surface area contributed by atoms with Gasteiger partial charge in [0.2, 0.25) is 10.0 Å². The van der Waals surface area contributed by atoms with E-state index in [9.17, 15) is 13.2 Å². The van der Waals surface area contributed by atoms with Gasteiger partial charge < -0.3 is 9.88 Å². The lowest BCUT2D eigenvalue weighted by molar-refractivity contribution is 0.0951. The summed E-state index contributed by atoms with van der Waals surface area (Å²) in [6, 6.07) is 14.6. The molecule has 150 valence electrons. The van der Waals surface area contributed by atoms with Crippen molar-refractivity contribution in [1.82, 2.24) is 14.9 Å². The minimum atomic E-state index is -3.25. The van der Waals surface area contributed by atoms with Crippen LogP contribution in [0.5, 0.6) is 0 Å². The van der Waals surface area contributed by atoms with E-state index >= 15 is 0 Å². The molecule has 7 nitrogen and oxygen atoms in total. The lowest BCUT2D eigenvalue weighted by atomic mass is 10.1. The Morgan fingerprint density at radius 3 is 2.38 bits per heavy atom. The Hall–Kier alpha value is -3.13. The number of carbonyl (C=O) groups is 1. The van der Waals surface area contributed by atoms with Crippen LogP contribution >= 0.6 is 0 Å². The summed E-state index contributed by atoms with van der Waals surface area (Å²) in [7, 11) is -3.25. The lowest BCUT2D eigenvalue weighted by Crippen LogP contribution is -2.37. The summed E-state index contributed by atoms with van der Waals surface area (Å²) in [4.78, 5) is 16.5. The monoisotopic (exact) mass is 410 g/mol. The summed E-state index contributed by atoms with van der Waals surface area (Å²) < 4.78 is 27.7. The molecular weight excluding hydrogens is 388 g/mol. The van der Waals surface area contributed by atoms with Gasteiger partial charge in [0, 0.05) is 36.7 Å². The summed E-state index contributed by atoms with van der Waals surface area (Å²) in [5.74, 6) is -0.0220. The maximum atomic E-state index is 12.4. The van der Waals surface area contributed by atoms with Crippen molar-refractivity contribution >= 4 is 21.6 Å². The molecule has 2 aromatic carbocycles. The third-order valence-corrected chi connectivity index (χ3v) is 6.83.